The van der Waals surface area contributed by atoms with Crippen molar-refractivity contribution in [2.24, 2.45) is 0 Å². The first-order valence-corrected chi connectivity index (χ1v) is 7.78. The summed E-state index contributed by atoms with van der Waals surface area (Å²) in [6, 6.07) is 6.75. The SMILES string of the molecule is Nc1nnc(-c2ccncc2Nc2ccc(I)cc2F)s1. The first-order valence-electron chi connectivity index (χ1n) is 5.89. The number of halogens is 2. The van der Waals surface area contributed by atoms with Crippen molar-refractivity contribution in [3.63, 3.8) is 0 Å². The first kappa shape index (κ1) is 14.1. The summed E-state index contributed by atoms with van der Waals surface area (Å²) in [6.45, 7) is 0. The molecule has 3 rings (SSSR count). The standard InChI is InChI=1S/C13H9FIN5S/c14-9-5-7(15)1-2-10(9)18-11-6-17-4-3-8(11)12-19-20-13(16)21-12/h1-6,18H,(H2,16,20). The van der Waals surface area contributed by atoms with Gasteiger partial charge in [0.05, 0.1) is 17.6 Å². The third-order valence-electron chi connectivity index (χ3n) is 2.69. The second kappa shape index (κ2) is 5.90. The summed E-state index contributed by atoms with van der Waals surface area (Å²) in [5.74, 6) is -0.325. The number of pyridine rings is 1. The minimum atomic E-state index is -0.325. The lowest BCUT2D eigenvalue weighted by Crippen LogP contribution is -1.97. The largest absolute Gasteiger partial charge is 0.374 e. The molecule has 0 atom stereocenters. The van der Waals surface area contributed by atoms with Crippen LogP contribution in [-0.2, 0) is 0 Å². The average molecular weight is 413 g/mol. The molecule has 0 radical (unpaired) electrons. The normalized spacial score (nSPS) is 10.6. The molecular weight excluding hydrogens is 404 g/mol. The fourth-order valence-electron chi connectivity index (χ4n) is 1.76. The maximum atomic E-state index is 13.9. The van der Waals surface area contributed by atoms with Gasteiger partial charge in [0.15, 0.2) is 5.01 Å². The molecular formula is C13H9FIN5S. The number of benzene rings is 1. The third kappa shape index (κ3) is 3.10. The summed E-state index contributed by atoms with van der Waals surface area (Å²) in [5.41, 5.74) is 7.41. The van der Waals surface area contributed by atoms with E-state index >= 15 is 0 Å². The molecule has 3 aromatic rings. The van der Waals surface area contributed by atoms with E-state index in [0.717, 1.165) is 9.13 Å². The van der Waals surface area contributed by atoms with Crippen molar-refractivity contribution in [2.45, 2.75) is 0 Å². The fraction of sp³-hybridized carbons (Fsp3) is 0. The zero-order valence-electron chi connectivity index (χ0n) is 10.5. The van der Waals surface area contributed by atoms with Crippen LogP contribution in [0.1, 0.15) is 0 Å². The lowest BCUT2D eigenvalue weighted by atomic mass is 10.2. The Morgan fingerprint density at radius 2 is 2.05 bits per heavy atom. The van der Waals surface area contributed by atoms with E-state index in [0.29, 0.717) is 21.5 Å². The molecule has 2 aromatic heterocycles. The Hall–Kier alpha value is -1.81. The van der Waals surface area contributed by atoms with Crippen LogP contribution in [0.15, 0.2) is 36.7 Å². The van der Waals surface area contributed by atoms with E-state index in [1.54, 1.807) is 24.5 Å². The van der Waals surface area contributed by atoms with E-state index in [4.69, 9.17) is 5.73 Å². The van der Waals surface area contributed by atoms with Gasteiger partial charge in [0.25, 0.3) is 0 Å². The van der Waals surface area contributed by atoms with Crippen LogP contribution in [0.4, 0.5) is 20.9 Å². The number of anilines is 3. The van der Waals surface area contributed by atoms with Crippen molar-refractivity contribution < 1.29 is 4.39 Å². The quantitative estimate of drug-likeness (QED) is 0.641. The number of hydrogen-bond donors (Lipinski definition) is 2. The van der Waals surface area contributed by atoms with Gasteiger partial charge >= 0.3 is 0 Å². The predicted molar refractivity (Wildman–Crippen MR) is 90.0 cm³/mol. The van der Waals surface area contributed by atoms with Crippen molar-refractivity contribution in [1.82, 2.24) is 15.2 Å². The molecule has 0 saturated heterocycles. The molecule has 0 saturated carbocycles. The number of nitrogen functional groups attached to an aromatic ring is 1. The summed E-state index contributed by atoms with van der Waals surface area (Å²) < 4.78 is 14.8. The van der Waals surface area contributed by atoms with Crippen LogP contribution in [0.5, 0.6) is 0 Å². The van der Waals surface area contributed by atoms with E-state index in [1.165, 1.54) is 17.4 Å². The Kier molecular flexibility index (Phi) is 3.97. The lowest BCUT2D eigenvalue weighted by Gasteiger charge is -2.10. The van der Waals surface area contributed by atoms with Crippen LogP contribution in [0.25, 0.3) is 10.6 Å². The zero-order valence-corrected chi connectivity index (χ0v) is 13.5. The topological polar surface area (TPSA) is 76.7 Å². The molecule has 0 bridgehead atoms. The maximum absolute atomic E-state index is 13.9. The highest BCUT2D eigenvalue weighted by Gasteiger charge is 2.12. The molecule has 8 heteroatoms. The van der Waals surface area contributed by atoms with Crippen molar-refractivity contribution in [3.05, 3.63) is 46.0 Å². The van der Waals surface area contributed by atoms with Crippen LogP contribution in [0.2, 0.25) is 0 Å². The number of nitrogens with two attached hydrogens (primary N) is 1. The molecule has 21 heavy (non-hydrogen) atoms. The molecule has 0 amide bonds. The van der Waals surface area contributed by atoms with E-state index < -0.39 is 0 Å². The smallest absolute Gasteiger partial charge is 0.203 e. The molecule has 0 fully saturated rings. The van der Waals surface area contributed by atoms with Crippen LogP contribution in [-0.4, -0.2) is 15.2 Å². The van der Waals surface area contributed by atoms with Gasteiger partial charge in [-0.2, -0.15) is 0 Å². The van der Waals surface area contributed by atoms with Crippen molar-refractivity contribution in [1.29, 1.82) is 0 Å². The molecule has 0 unspecified atom stereocenters. The summed E-state index contributed by atoms with van der Waals surface area (Å²) in [4.78, 5) is 4.06. The molecule has 1 aromatic carbocycles. The van der Waals surface area contributed by atoms with Gasteiger partial charge in [-0.25, -0.2) is 4.39 Å². The summed E-state index contributed by atoms with van der Waals surface area (Å²) >= 11 is 3.33. The Bertz CT molecular complexity index is 792. The number of hydrogen-bond acceptors (Lipinski definition) is 6. The fourth-order valence-corrected chi connectivity index (χ4v) is 2.86. The van der Waals surface area contributed by atoms with Gasteiger partial charge in [-0.05, 0) is 46.9 Å². The lowest BCUT2D eigenvalue weighted by molar-refractivity contribution is 0.631. The number of rotatable bonds is 3. The Balaban J connectivity index is 1.99. The highest BCUT2D eigenvalue weighted by molar-refractivity contribution is 14.1. The van der Waals surface area contributed by atoms with Crippen molar-refractivity contribution >= 4 is 50.4 Å². The van der Waals surface area contributed by atoms with Gasteiger partial charge in [-0.1, -0.05) is 11.3 Å². The van der Waals surface area contributed by atoms with E-state index in [2.05, 4.69) is 43.1 Å². The molecule has 5 nitrogen and oxygen atoms in total. The van der Waals surface area contributed by atoms with E-state index in [-0.39, 0.29) is 5.82 Å². The molecule has 2 heterocycles. The van der Waals surface area contributed by atoms with Gasteiger partial charge in [-0.3, -0.25) is 4.98 Å². The van der Waals surface area contributed by atoms with Gasteiger partial charge in [0.1, 0.15) is 5.82 Å². The average Bonchev–Trinajstić information content (AvgIpc) is 2.89. The zero-order chi connectivity index (χ0) is 14.8. The van der Waals surface area contributed by atoms with Gasteiger partial charge < -0.3 is 11.1 Å². The van der Waals surface area contributed by atoms with Crippen LogP contribution in [0, 0.1) is 9.39 Å². The van der Waals surface area contributed by atoms with Crippen LogP contribution >= 0.6 is 33.9 Å². The molecule has 0 aliphatic heterocycles. The summed E-state index contributed by atoms with van der Waals surface area (Å²) in [5, 5.41) is 11.9. The highest BCUT2D eigenvalue weighted by atomic mass is 127. The number of nitrogens with one attached hydrogen (secondary N) is 1. The van der Waals surface area contributed by atoms with E-state index in [9.17, 15) is 4.39 Å². The van der Waals surface area contributed by atoms with Crippen LogP contribution < -0.4 is 11.1 Å². The highest BCUT2D eigenvalue weighted by Crippen LogP contribution is 2.32. The summed E-state index contributed by atoms with van der Waals surface area (Å²) in [7, 11) is 0. The van der Waals surface area contributed by atoms with Gasteiger partial charge in [0.2, 0.25) is 5.13 Å². The third-order valence-corrected chi connectivity index (χ3v) is 4.15. The minimum Gasteiger partial charge on any atom is -0.374 e. The Morgan fingerprint density at radius 3 is 2.76 bits per heavy atom. The monoisotopic (exact) mass is 413 g/mol. The second-order valence-electron chi connectivity index (χ2n) is 4.12. The minimum absolute atomic E-state index is 0.325. The number of nitrogens with zero attached hydrogens (tertiary/aromatic N) is 3. The predicted octanol–water partition coefficient (Wildman–Crippen LogP) is 3.67. The van der Waals surface area contributed by atoms with Crippen molar-refractivity contribution in [3.8, 4) is 10.6 Å². The van der Waals surface area contributed by atoms with Gasteiger partial charge in [-0.15, -0.1) is 10.2 Å². The molecule has 3 N–H and O–H groups in total. The first-order chi connectivity index (χ1) is 10.1. The van der Waals surface area contributed by atoms with E-state index in [1.807, 2.05) is 6.07 Å². The Morgan fingerprint density at radius 1 is 1.19 bits per heavy atom. The van der Waals surface area contributed by atoms with Crippen LogP contribution in [0.3, 0.4) is 0 Å². The molecule has 0 spiro atoms. The van der Waals surface area contributed by atoms with Gasteiger partial charge in [0, 0.05) is 15.3 Å². The Labute approximate surface area is 137 Å². The molecule has 0 aliphatic rings. The second-order valence-corrected chi connectivity index (χ2v) is 6.37. The molecule has 106 valence electrons. The number of aromatic nitrogens is 3. The molecule has 0 aliphatic carbocycles. The van der Waals surface area contributed by atoms with Crippen molar-refractivity contribution in [2.75, 3.05) is 11.1 Å². The maximum Gasteiger partial charge on any atom is 0.203 e. The summed E-state index contributed by atoms with van der Waals surface area (Å²) in [6.07, 6.45) is 3.26.